The Labute approximate surface area is 319 Å². The van der Waals surface area contributed by atoms with E-state index < -0.39 is 53.7 Å². The SMILES string of the molecule is C=CCOC(=O)COc1ccc([C@@H](Nc2ccc(F)cc2)[C@@H](CC[C@H](O)c2ccc(F)cc2)C(=O)N2C(=O)OC[C@@H]2Cc2ccccc2)c(OCCCC)c1. The summed E-state index contributed by atoms with van der Waals surface area (Å²) in [5, 5.41) is 14.7. The fourth-order valence-corrected chi connectivity index (χ4v) is 6.34. The zero-order valence-corrected chi connectivity index (χ0v) is 30.7. The number of rotatable bonds is 20. The number of anilines is 1. The maximum Gasteiger partial charge on any atom is 0.416 e. The van der Waals surface area contributed by atoms with Gasteiger partial charge in [0.25, 0.3) is 0 Å². The number of carbonyl (C=O) groups excluding carboxylic acids is 3. The van der Waals surface area contributed by atoms with Gasteiger partial charge in [-0.25, -0.2) is 23.3 Å². The number of aliphatic hydroxyl groups excluding tert-OH is 1. The van der Waals surface area contributed by atoms with Crippen LogP contribution in [0.3, 0.4) is 0 Å². The Hall–Kier alpha value is -5.75. The van der Waals surface area contributed by atoms with Gasteiger partial charge in [0.05, 0.1) is 30.7 Å². The number of nitrogens with one attached hydrogen (secondary N) is 1. The summed E-state index contributed by atoms with van der Waals surface area (Å²) in [6.45, 7) is 5.52. The molecule has 4 aromatic rings. The first-order chi connectivity index (χ1) is 26.7. The highest BCUT2D eigenvalue weighted by Crippen LogP contribution is 2.40. The van der Waals surface area contributed by atoms with Crippen LogP contribution in [0.2, 0.25) is 0 Å². The molecule has 290 valence electrons. The molecule has 1 heterocycles. The van der Waals surface area contributed by atoms with Gasteiger partial charge in [-0.3, -0.25) is 4.79 Å². The van der Waals surface area contributed by atoms with Crippen molar-refractivity contribution in [2.45, 2.75) is 57.2 Å². The minimum Gasteiger partial charge on any atom is -0.493 e. The Balaban J connectivity index is 1.57. The smallest absolute Gasteiger partial charge is 0.416 e. The summed E-state index contributed by atoms with van der Waals surface area (Å²) in [4.78, 5) is 41.7. The van der Waals surface area contributed by atoms with Crippen molar-refractivity contribution in [1.29, 1.82) is 0 Å². The molecule has 0 radical (unpaired) electrons. The quantitative estimate of drug-likeness (QED) is 0.0523. The van der Waals surface area contributed by atoms with E-state index in [2.05, 4.69) is 11.9 Å². The number of carbonyl (C=O) groups is 3. The van der Waals surface area contributed by atoms with Crippen molar-refractivity contribution in [3.05, 3.63) is 138 Å². The first kappa shape index (κ1) is 40.4. The minimum atomic E-state index is -1.08. The molecular formula is C43H46F2N2O8. The number of esters is 1. The van der Waals surface area contributed by atoms with Crippen LogP contribution in [0.15, 0.2) is 110 Å². The summed E-state index contributed by atoms with van der Waals surface area (Å²) in [5.74, 6) is -2.48. The molecule has 1 saturated heterocycles. The highest BCUT2D eigenvalue weighted by Gasteiger charge is 2.44. The van der Waals surface area contributed by atoms with E-state index in [1.807, 2.05) is 37.3 Å². The summed E-state index contributed by atoms with van der Waals surface area (Å²) >= 11 is 0. The third-order valence-electron chi connectivity index (χ3n) is 9.20. The van der Waals surface area contributed by atoms with E-state index in [9.17, 15) is 28.3 Å². The lowest BCUT2D eigenvalue weighted by Crippen LogP contribution is -2.46. The molecule has 55 heavy (non-hydrogen) atoms. The number of cyclic esters (lactones) is 1. The van der Waals surface area contributed by atoms with E-state index in [-0.39, 0.29) is 32.7 Å². The lowest BCUT2D eigenvalue weighted by atomic mass is 9.85. The second kappa shape index (κ2) is 20.1. The summed E-state index contributed by atoms with van der Waals surface area (Å²) in [6, 6.07) is 23.9. The van der Waals surface area contributed by atoms with Gasteiger partial charge in [-0.15, -0.1) is 0 Å². The van der Waals surface area contributed by atoms with Crippen LogP contribution in [0.5, 0.6) is 11.5 Å². The summed E-state index contributed by atoms with van der Waals surface area (Å²) in [7, 11) is 0. The van der Waals surface area contributed by atoms with Crippen molar-refractivity contribution in [2.24, 2.45) is 5.92 Å². The molecule has 0 saturated carbocycles. The normalized spacial score (nSPS) is 15.4. The predicted octanol–water partition coefficient (Wildman–Crippen LogP) is 8.13. The van der Waals surface area contributed by atoms with Crippen LogP contribution in [0.4, 0.5) is 19.3 Å². The number of halogens is 2. The van der Waals surface area contributed by atoms with Crippen LogP contribution in [0.25, 0.3) is 0 Å². The number of imide groups is 1. The van der Waals surface area contributed by atoms with Crippen LogP contribution in [0, 0.1) is 17.6 Å². The molecule has 12 heteroatoms. The molecule has 0 bridgehead atoms. The van der Waals surface area contributed by atoms with Crippen molar-refractivity contribution >= 4 is 23.7 Å². The van der Waals surface area contributed by atoms with Gasteiger partial charge in [0.1, 0.15) is 36.3 Å². The zero-order valence-electron chi connectivity index (χ0n) is 30.7. The van der Waals surface area contributed by atoms with Crippen molar-refractivity contribution in [3.63, 3.8) is 0 Å². The highest BCUT2D eigenvalue weighted by atomic mass is 19.1. The van der Waals surface area contributed by atoms with Gasteiger partial charge in [-0.05, 0) is 85.3 Å². The van der Waals surface area contributed by atoms with Crippen LogP contribution < -0.4 is 14.8 Å². The topological polar surface area (TPSA) is 124 Å². The molecule has 1 fully saturated rings. The number of hydrogen-bond acceptors (Lipinski definition) is 9. The second-order valence-corrected chi connectivity index (χ2v) is 13.2. The lowest BCUT2D eigenvalue weighted by molar-refractivity contribution is -0.144. The van der Waals surface area contributed by atoms with Gasteiger partial charge in [-0.1, -0.05) is 68.5 Å². The molecule has 4 atom stereocenters. The number of unbranched alkanes of at least 4 members (excludes halogenated alkanes) is 1. The molecule has 5 rings (SSSR count). The second-order valence-electron chi connectivity index (χ2n) is 13.2. The van der Waals surface area contributed by atoms with Gasteiger partial charge in [-0.2, -0.15) is 0 Å². The Kier molecular flexibility index (Phi) is 14.8. The molecule has 0 unspecified atom stereocenters. The van der Waals surface area contributed by atoms with Crippen molar-refractivity contribution in [1.82, 2.24) is 4.90 Å². The highest BCUT2D eigenvalue weighted by molar-refractivity contribution is 5.95. The third-order valence-corrected chi connectivity index (χ3v) is 9.20. The first-order valence-electron chi connectivity index (χ1n) is 18.3. The molecular weight excluding hydrogens is 710 g/mol. The summed E-state index contributed by atoms with van der Waals surface area (Å²) in [5.41, 5.74) is 2.33. The number of aliphatic hydroxyl groups is 1. The largest absolute Gasteiger partial charge is 0.493 e. The summed E-state index contributed by atoms with van der Waals surface area (Å²) in [6.07, 6.45) is 1.57. The molecule has 4 aromatic carbocycles. The summed E-state index contributed by atoms with van der Waals surface area (Å²) < 4.78 is 50.4. The monoisotopic (exact) mass is 756 g/mol. The number of amides is 2. The molecule has 2 amide bonds. The van der Waals surface area contributed by atoms with Crippen LogP contribution in [-0.2, 0) is 25.5 Å². The fourth-order valence-electron chi connectivity index (χ4n) is 6.34. The lowest BCUT2D eigenvalue weighted by Gasteiger charge is -2.33. The molecule has 10 nitrogen and oxygen atoms in total. The van der Waals surface area contributed by atoms with E-state index >= 15 is 0 Å². The fraction of sp³-hybridized carbons (Fsp3) is 0.326. The maximum absolute atomic E-state index is 15.0. The molecule has 2 N–H and O–H groups in total. The van der Waals surface area contributed by atoms with Gasteiger partial charge >= 0.3 is 12.1 Å². The molecule has 1 aliphatic heterocycles. The number of hydrogen-bond donors (Lipinski definition) is 2. The van der Waals surface area contributed by atoms with E-state index in [0.29, 0.717) is 47.8 Å². The molecule has 1 aliphatic rings. The van der Waals surface area contributed by atoms with Gasteiger partial charge in [0.15, 0.2) is 6.61 Å². The number of benzene rings is 4. The predicted molar refractivity (Wildman–Crippen MR) is 202 cm³/mol. The minimum absolute atomic E-state index is 0.00685. The Morgan fingerprint density at radius 2 is 1.69 bits per heavy atom. The maximum atomic E-state index is 15.0. The van der Waals surface area contributed by atoms with Gasteiger partial charge in [0.2, 0.25) is 5.91 Å². The molecule has 0 aromatic heterocycles. The van der Waals surface area contributed by atoms with E-state index in [1.54, 1.807) is 18.2 Å². The van der Waals surface area contributed by atoms with Gasteiger partial charge in [0, 0.05) is 17.3 Å². The standard InChI is InChI=1S/C43H46F2N2O8/c1-3-5-24-52-39-26-35(54-28-40(49)53-23-4-2)19-20-36(39)41(46-33-17-15-32(45)16-18-33)37(21-22-38(48)30-11-13-31(44)14-12-30)42(50)47-34(27-55-43(47)51)25-29-9-7-6-8-10-29/h4,6-20,26,34,37-38,41,46,48H,2-3,5,21-25,27-28H2,1H3/t34-,37+,38-,41+/m0/s1. The Morgan fingerprint density at radius 3 is 2.38 bits per heavy atom. The van der Waals surface area contributed by atoms with Crippen molar-refractivity contribution in [3.8, 4) is 11.5 Å². The van der Waals surface area contributed by atoms with Crippen LogP contribution >= 0.6 is 0 Å². The average molecular weight is 757 g/mol. The average Bonchev–Trinajstić information content (AvgIpc) is 3.56. The van der Waals surface area contributed by atoms with Crippen LogP contribution in [0.1, 0.15) is 61.4 Å². The van der Waals surface area contributed by atoms with Crippen molar-refractivity contribution < 1.29 is 47.2 Å². The molecule has 0 aliphatic carbocycles. The van der Waals surface area contributed by atoms with E-state index in [1.165, 1.54) is 54.6 Å². The third kappa shape index (κ3) is 11.4. The first-order valence-corrected chi connectivity index (χ1v) is 18.3. The molecule has 0 spiro atoms. The van der Waals surface area contributed by atoms with Crippen LogP contribution in [-0.4, -0.2) is 60.4 Å². The number of nitrogens with zero attached hydrogens (tertiary/aromatic N) is 1. The van der Waals surface area contributed by atoms with Gasteiger partial charge < -0.3 is 29.4 Å². The zero-order chi connectivity index (χ0) is 39.2. The Bertz CT molecular complexity index is 1870. The van der Waals surface area contributed by atoms with Crippen molar-refractivity contribution in [2.75, 3.05) is 31.7 Å². The number of ether oxygens (including phenoxy) is 4. The van der Waals surface area contributed by atoms with E-state index in [4.69, 9.17) is 18.9 Å². The van der Waals surface area contributed by atoms with E-state index in [0.717, 1.165) is 16.9 Å². The Morgan fingerprint density at radius 1 is 0.982 bits per heavy atom.